The van der Waals surface area contributed by atoms with Crippen LogP contribution in [0, 0.1) is 17.0 Å². The lowest BCUT2D eigenvalue weighted by molar-refractivity contribution is -0.384. The summed E-state index contributed by atoms with van der Waals surface area (Å²) < 4.78 is 37.1. The second kappa shape index (κ2) is 7.71. The summed E-state index contributed by atoms with van der Waals surface area (Å²) in [6.45, 7) is 1.97. The predicted molar refractivity (Wildman–Crippen MR) is 96.0 cm³/mol. The van der Waals surface area contributed by atoms with Gasteiger partial charge in [-0.1, -0.05) is 0 Å². The minimum Gasteiger partial charge on any atom is -0.493 e. The van der Waals surface area contributed by atoms with Crippen molar-refractivity contribution in [3.63, 3.8) is 0 Å². The van der Waals surface area contributed by atoms with Crippen LogP contribution < -0.4 is 9.47 Å². The Morgan fingerprint density at radius 3 is 2.12 bits per heavy atom. The largest absolute Gasteiger partial charge is 0.493 e. The molecule has 0 aliphatic heterocycles. The topological polar surface area (TPSA) is 99.0 Å². The number of methoxy groups -OCH3 is 2. The first-order valence-electron chi connectivity index (χ1n) is 7.63. The summed E-state index contributed by atoms with van der Waals surface area (Å²) in [5.74, 6) is 1.07. The Balaban J connectivity index is 2.31. The maximum absolute atomic E-state index is 12.7. The highest BCUT2D eigenvalue weighted by atomic mass is 32.2. The van der Waals surface area contributed by atoms with E-state index in [1.54, 1.807) is 12.1 Å². The monoisotopic (exact) mass is 380 g/mol. The van der Waals surface area contributed by atoms with Crippen molar-refractivity contribution < 1.29 is 22.8 Å². The smallest absolute Gasteiger partial charge is 0.269 e. The van der Waals surface area contributed by atoms with Crippen molar-refractivity contribution in [2.24, 2.45) is 0 Å². The zero-order chi connectivity index (χ0) is 19.5. The number of sulfonamides is 1. The average Bonchev–Trinajstić information content (AvgIpc) is 2.62. The highest BCUT2D eigenvalue weighted by Crippen LogP contribution is 2.31. The van der Waals surface area contributed by atoms with E-state index in [9.17, 15) is 18.5 Å². The second-order valence-corrected chi connectivity index (χ2v) is 7.69. The summed E-state index contributed by atoms with van der Waals surface area (Å²) in [5, 5.41) is 10.7. The molecule has 2 rings (SSSR count). The molecular formula is C17H20N2O6S. The van der Waals surface area contributed by atoms with Crippen LogP contribution in [0.5, 0.6) is 11.5 Å². The second-order valence-electron chi connectivity index (χ2n) is 5.65. The number of aryl methyl sites for hydroxylation is 1. The fraction of sp³-hybridized carbons (Fsp3) is 0.294. The van der Waals surface area contributed by atoms with Crippen LogP contribution >= 0.6 is 0 Å². The zero-order valence-corrected chi connectivity index (χ0v) is 15.7. The number of non-ortho nitro benzene ring substituents is 1. The van der Waals surface area contributed by atoms with E-state index in [2.05, 4.69) is 0 Å². The maximum atomic E-state index is 12.7. The van der Waals surface area contributed by atoms with Crippen LogP contribution in [-0.4, -0.2) is 38.9 Å². The molecule has 26 heavy (non-hydrogen) atoms. The van der Waals surface area contributed by atoms with E-state index in [4.69, 9.17) is 9.47 Å². The third-order valence-corrected chi connectivity index (χ3v) is 5.81. The van der Waals surface area contributed by atoms with E-state index in [-0.39, 0.29) is 17.1 Å². The van der Waals surface area contributed by atoms with Gasteiger partial charge in [0, 0.05) is 25.7 Å². The third kappa shape index (κ3) is 3.94. The molecule has 0 atom stereocenters. The van der Waals surface area contributed by atoms with Crippen molar-refractivity contribution in [3.8, 4) is 11.5 Å². The SMILES string of the molecule is COc1cc(C)c(CN(C)S(=O)(=O)c2ccc([N+](=O)[O-])cc2)cc1OC. The number of benzene rings is 2. The molecule has 0 fully saturated rings. The first-order valence-corrected chi connectivity index (χ1v) is 9.07. The van der Waals surface area contributed by atoms with Gasteiger partial charge in [0.1, 0.15) is 0 Å². The van der Waals surface area contributed by atoms with Crippen LogP contribution in [0.25, 0.3) is 0 Å². The van der Waals surface area contributed by atoms with Crippen LogP contribution in [0.1, 0.15) is 11.1 Å². The molecule has 0 bridgehead atoms. The lowest BCUT2D eigenvalue weighted by Gasteiger charge is -2.19. The van der Waals surface area contributed by atoms with E-state index in [1.807, 2.05) is 6.92 Å². The van der Waals surface area contributed by atoms with Crippen molar-refractivity contribution in [1.82, 2.24) is 4.31 Å². The molecule has 0 unspecified atom stereocenters. The molecule has 0 saturated carbocycles. The Labute approximate surface area is 152 Å². The Morgan fingerprint density at radius 2 is 1.62 bits per heavy atom. The number of hydrogen-bond acceptors (Lipinski definition) is 6. The van der Waals surface area contributed by atoms with Gasteiger partial charge in [0.25, 0.3) is 5.69 Å². The fourth-order valence-corrected chi connectivity index (χ4v) is 3.59. The van der Waals surface area contributed by atoms with Crippen molar-refractivity contribution in [2.45, 2.75) is 18.4 Å². The Kier molecular flexibility index (Phi) is 5.83. The lowest BCUT2D eigenvalue weighted by atomic mass is 10.1. The third-order valence-electron chi connectivity index (χ3n) is 3.99. The fourth-order valence-electron chi connectivity index (χ4n) is 2.44. The number of nitro groups is 1. The average molecular weight is 380 g/mol. The Hall–Kier alpha value is -2.65. The van der Waals surface area contributed by atoms with Crippen LogP contribution in [0.2, 0.25) is 0 Å². The van der Waals surface area contributed by atoms with Gasteiger partial charge in [-0.25, -0.2) is 8.42 Å². The summed E-state index contributed by atoms with van der Waals surface area (Å²) in [7, 11) is 0.696. The molecule has 0 N–H and O–H groups in total. The van der Waals surface area contributed by atoms with Gasteiger partial charge in [-0.15, -0.1) is 0 Å². The molecular weight excluding hydrogens is 360 g/mol. The maximum Gasteiger partial charge on any atom is 0.269 e. The van der Waals surface area contributed by atoms with Crippen LogP contribution in [-0.2, 0) is 16.6 Å². The first-order chi connectivity index (χ1) is 12.2. The molecule has 0 aliphatic carbocycles. The van der Waals surface area contributed by atoms with Gasteiger partial charge in [0.15, 0.2) is 11.5 Å². The van der Waals surface area contributed by atoms with Gasteiger partial charge in [0.2, 0.25) is 10.0 Å². The van der Waals surface area contributed by atoms with Gasteiger partial charge >= 0.3 is 0 Å². The minimum absolute atomic E-state index is 0.0104. The van der Waals surface area contributed by atoms with E-state index < -0.39 is 14.9 Å². The van der Waals surface area contributed by atoms with Gasteiger partial charge < -0.3 is 9.47 Å². The highest BCUT2D eigenvalue weighted by molar-refractivity contribution is 7.89. The first kappa shape index (κ1) is 19.7. The summed E-state index contributed by atoms with van der Waals surface area (Å²) >= 11 is 0. The molecule has 9 heteroatoms. The molecule has 0 heterocycles. The molecule has 2 aromatic rings. The number of hydrogen-bond donors (Lipinski definition) is 0. The minimum atomic E-state index is -3.79. The predicted octanol–water partition coefficient (Wildman–Crippen LogP) is 2.74. The number of rotatable bonds is 7. The molecule has 0 saturated heterocycles. The number of ether oxygens (including phenoxy) is 2. The number of nitro benzene ring substituents is 1. The Morgan fingerprint density at radius 1 is 1.08 bits per heavy atom. The number of nitrogens with zero attached hydrogens (tertiary/aromatic N) is 2. The molecule has 0 amide bonds. The normalized spacial score (nSPS) is 11.4. The highest BCUT2D eigenvalue weighted by Gasteiger charge is 2.23. The molecule has 2 aromatic carbocycles. The van der Waals surface area contributed by atoms with E-state index in [0.717, 1.165) is 11.1 Å². The van der Waals surface area contributed by atoms with Gasteiger partial charge in [-0.2, -0.15) is 4.31 Å². The summed E-state index contributed by atoms with van der Waals surface area (Å²) in [4.78, 5) is 10.1. The lowest BCUT2D eigenvalue weighted by Crippen LogP contribution is -2.26. The molecule has 140 valence electrons. The standard InChI is InChI=1S/C17H20N2O6S/c1-12-9-16(24-3)17(25-4)10-13(12)11-18(2)26(22,23)15-7-5-14(6-8-15)19(20)21/h5-10H,11H2,1-4H3. The van der Waals surface area contributed by atoms with E-state index in [1.165, 1.54) is 49.8 Å². The van der Waals surface area contributed by atoms with Crippen molar-refractivity contribution >= 4 is 15.7 Å². The van der Waals surface area contributed by atoms with Crippen molar-refractivity contribution in [3.05, 3.63) is 57.6 Å². The molecule has 0 aliphatic rings. The van der Waals surface area contributed by atoms with Crippen LogP contribution in [0.3, 0.4) is 0 Å². The summed E-state index contributed by atoms with van der Waals surface area (Å²) in [6.07, 6.45) is 0. The van der Waals surface area contributed by atoms with Gasteiger partial charge in [0.05, 0.1) is 24.0 Å². The zero-order valence-electron chi connectivity index (χ0n) is 14.9. The van der Waals surface area contributed by atoms with E-state index >= 15 is 0 Å². The van der Waals surface area contributed by atoms with Crippen LogP contribution in [0.15, 0.2) is 41.3 Å². The van der Waals surface area contributed by atoms with Crippen molar-refractivity contribution in [2.75, 3.05) is 21.3 Å². The summed E-state index contributed by atoms with van der Waals surface area (Å²) in [6, 6.07) is 8.30. The molecule has 0 aromatic heterocycles. The molecule has 0 radical (unpaired) electrons. The van der Waals surface area contributed by atoms with Crippen LogP contribution in [0.4, 0.5) is 5.69 Å². The van der Waals surface area contributed by atoms with Gasteiger partial charge in [-0.05, 0) is 42.3 Å². The van der Waals surface area contributed by atoms with Gasteiger partial charge in [-0.3, -0.25) is 10.1 Å². The molecule has 8 nitrogen and oxygen atoms in total. The Bertz CT molecular complexity index is 910. The molecule has 0 spiro atoms. The van der Waals surface area contributed by atoms with E-state index in [0.29, 0.717) is 11.5 Å². The van der Waals surface area contributed by atoms with Crippen molar-refractivity contribution in [1.29, 1.82) is 0 Å². The summed E-state index contributed by atoms with van der Waals surface area (Å²) in [5.41, 5.74) is 1.45. The quantitative estimate of drug-likeness (QED) is 0.541.